The maximum absolute atomic E-state index is 12.3. The first-order valence-electron chi connectivity index (χ1n) is 5.84. The minimum atomic E-state index is -3.84. The molecule has 0 atom stereocenters. The lowest BCUT2D eigenvalue weighted by Crippen LogP contribution is -2.13. The minimum absolute atomic E-state index is 0.0153. The Morgan fingerprint density at radius 3 is 2.62 bits per heavy atom. The highest BCUT2D eigenvalue weighted by atomic mass is 32.2. The normalized spacial score (nSPS) is 11.1. The van der Waals surface area contributed by atoms with E-state index in [-0.39, 0.29) is 9.77 Å². The molecular formula is C13H13NO5S2. The predicted molar refractivity (Wildman–Crippen MR) is 79.8 cm³/mol. The van der Waals surface area contributed by atoms with Crippen molar-refractivity contribution in [1.82, 2.24) is 0 Å². The summed E-state index contributed by atoms with van der Waals surface area (Å²) in [5.74, 6) is -0.630. The van der Waals surface area contributed by atoms with Gasteiger partial charge in [-0.15, -0.1) is 11.3 Å². The molecular weight excluding hydrogens is 314 g/mol. The molecule has 0 spiro atoms. The predicted octanol–water partition coefficient (Wildman–Crippen LogP) is 2.56. The fourth-order valence-electron chi connectivity index (χ4n) is 1.73. The Bertz CT molecular complexity index is 780. The molecule has 2 N–H and O–H groups in total. The van der Waals surface area contributed by atoms with Crippen molar-refractivity contribution in [3.05, 3.63) is 40.1 Å². The largest absolute Gasteiger partial charge is 0.497 e. The molecule has 0 aliphatic carbocycles. The molecule has 1 heterocycles. The number of hydrogen-bond acceptors (Lipinski definition) is 5. The molecule has 0 radical (unpaired) electrons. The van der Waals surface area contributed by atoms with Gasteiger partial charge in [0.1, 0.15) is 15.5 Å². The van der Waals surface area contributed by atoms with Crippen molar-refractivity contribution < 1.29 is 23.1 Å². The topological polar surface area (TPSA) is 92.7 Å². The molecule has 6 nitrogen and oxygen atoms in total. The summed E-state index contributed by atoms with van der Waals surface area (Å²) in [6.45, 7) is 1.57. The lowest BCUT2D eigenvalue weighted by atomic mass is 10.3. The van der Waals surface area contributed by atoms with Gasteiger partial charge in [0.2, 0.25) is 0 Å². The maximum atomic E-state index is 12.3. The monoisotopic (exact) mass is 327 g/mol. The maximum Gasteiger partial charge on any atom is 0.345 e. The molecule has 0 saturated carbocycles. The zero-order valence-corrected chi connectivity index (χ0v) is 12.9. The highest BCUT2D eigenvalue weighted by molar-refractivity contribution is 7.93. The molecule has 2 rings (SSSR count). The summed E-state index contributed by atoms with van der Waals surface area (Å²) >= 11 is 0.924. The lowest BCUT2D eigenvalue weighted by molar-refractivity contribution is 0.0702. The quantitative estimate of drug-likeness (QED) is 0.880. The summed E-state index contributed by atoms with van der Waals surface area (Å²) in [5, 5.41) is 8.93. The third-order valence-electron chi connectivity index (χ3n) is 2.69. The number of carboxylic acids is 1. The molecule has 112 valence electrons. The van der Waals surface area contributed by atoms with Gasteiger partial charge in [-0.05, 0) is 25.1 Å². The average Bonchev–Trinajstić information content (AvgIpc) is 2.81. The number of aryl methyl sites for hydroxylation is 1. The van der Waals surface area contributed by atoms with Gasteiger partial charge in [0.05, 0.1) is 12.8 Å². The van der Waals surface area contributed by atoms with Crippen LogP contribution >= 0.6 is 11.3 Å². The van der Waals surface area contributed by atoms with Gasteiger partial charge in [0.15, 0.2) is 0 Å². The van der Waals surface area contributed by atoms with Crippen LogP contribution < -0.4 is 9.46 Å². The van der Waals surface area contributed by atoms with E-state index in [1.807, 2.05) is 0 Å². The van der Waals surface area contributed by atoms with Crippen LogP contribution in [0, 0.1) is 6.92 Å². The molecule has 21 heavy (non-hydrogen) atoms. The van der Waals surface area contributed by atoms with E-state index < -0.39 is 16.0 Å². The number of aromatic carboxylic acids is 1. The first-order chi connectivity index (χ1) is 9.83. The number of carbonyl (C=O) groups is 1. The third-order valence-corrected chi connectivity index (χ3v) is 5.37. The van der Waals surface area contributed by atoms with E-state index in [0.29, 0.717) is 16.3 Å². The highest BCUT2D eigenvalue weighted by Crippen LogP contribution is 2.28. The molecule has 0 aliphatic rings. The fraction of sp³-hybridized carbons (Fsp3) is 0.154. The summed E-state index contributed by atoms with van der Waals surface area (Å²) in [6.07, 6.45) is 0. The zero-order chi connectivity index (χ0) is 15.6. The van der Waals surface area contributed by atoms with Crippen molar-refractivity contribution >= 4 is 33.0 Å². The van der Waals surface area contributed by atoms with Crippen molar-refractivity contribution in [3.63, 3.8) is 0 Å². The smallest absolute Gasteiger partial charge is 0.345 e. The Kier molecular flexibility index (Phi) is 4.19. The Hall–Kier alpha value is -2.06. The molecule has 2 aromatic rings. The number of methoxy groups -OCH3 is 1. The van der Waals surface area contributed by atoms with Gasteiger partial charge in [0.25, 0.3) is 10.0 Å². The number of rotatable bonds is 5. The van der Waals surface area contributed by atoms with E-state index in [9.17, 15) is 13.2 Å². The first-order valence-corrected chi connectivity index (χ1v) is 8.14. The van der Waals surface area contributed by atoms with Crippen LogP contribution in [-0.4, -0.2) is 26.6 Å². The van der Waals surface area contributed by atoms with Gasteiger partial charge in [-0.2, -0.15) is 0 Å². The van der Waals surface area contributed by atoms with Gasteiger partial charge >= 0.3 is 5.97 Å². The Morgan fingerprint density at radius 1 is 1.33 bits per heavy atom. The van der Waals surface area contributed by atoms with Gasteiger partial charge < -0.3 is 9.84 Å². The second-order valence-corrected chi connectivity index (χ2v) is 7.08. The van der Waals surface area contributed by atoms with Crippen LogP contribution in [0.3, 0.4) is 0 Å². The molecule has 0 unspecified atom stereocenters. The van der Waals surface area contributed by atoms with Crippen LogP contribution in [0.2, 0.25) is 0 Å². The van der Waals surface area contributed by atoms with E-state index in [4.69, 9.17) is 9.84 Å². The second-order valence-electron chi connectivity index (χ2n) is 4.17. The van der Waals surface area contributed by atoms with E-state index in [0.717, 1.165) is 17.4 Å². The average molecular weight is 327 g/mol. The van der Waals surface area contributed by atoms with Gasteiger partial charge in [0, 0.05) is 10.9 Å². The molecule has 8 heteroatoms. The van der Waals surface area contributed by atoms with Crippen molar-refractivity contribution in [2.24, 2.45) is 0 Å². The second kappa shape index (κ2) is 5.74. The molecule has 1 aromatic heterocycles. The van der Waals surface area contributed by atoms with E-state index in [2.05, 4.69) is 4.72 Å². The molecule has 1 aromatic carbocycles. The molecule has 0 fully saturated rings. The van der Waals surface area contributed by atoms with Crippen molar-refractivity contribution in [1.29, 1.82) is 0 Å². The summed E-state index contributed by atoms with van der Waals surface area (Å²) in [7, 11) is -2.36. The fourth-order valence-corrected chi connectivity index (χ4v) is 4.22. The molecule has 0 bridgehead atoms. The van der Waals surface area contributed by atoms with Gasteiger partial charge in [-0.3, -0.25) is 4.72 Å². The first kappa shape index (κ1) is 15.3. The van der Waals surface area contributed by atoms with Crippen LogP contribution in [0.4, 0.5) is 5.69 Å². The number of carboxylic acid groups (broad SMARTS) is 1. The summed E-state index contributed by atoms with van der Waals surface area (Å²) in [4.78, 5) is 11.3. The van der Waals surface area contributed by atoms with E-state index in [1.165, 1.54) is 13.2 Å². The van der Waals surface area contributed by atoms with Crippen LogP contribution in [-0.2, 0) is 10.0 Å². The van der Waals surface area contributed by atoms with Gasteiger partial charge in [-0.25, -0.2) is 13.2 Å². The Balaban J connectivity index is 2.36. The van der Waals surface area contributed by atoms with Crippen molar-refractivity contribution in [3.8, 4) is 5.75 Å². The number of nitrogens with one attached hydrogen (secondary N) is 1. The summed E-state index contributed by atoms with van der Waals surface area (Å²) in [5.41, 5.74) is 0.344. The van der Waals surface area contributed by atoms with Crippen LogP contribution in [0.1, 0.15) is 14.5 Å². The SMILES string of the molecule is COc1cccc(NS(=O)(=O)c2cc(C(=O)O)sc2C)c1. The zero-order valence-electron chi connectivity index (χ0n) is 11.3. The van der Waals surface area contributed by atoms with Crippen LogP contribution in [0.25, 0.3) is 0 Å². The number of anilines is 1. The Labute approximate surface area is 126 Å². The number of hydrogen-bond donors (Lipinski definition) is 2. The molecule has 0 amide bonds. The van der Waals surface area contributed by atoms with E-state index >= 15 is 0 Å². The summed E-state index contributed by atoms with van der Waals surface area (Å²) < 4.78 is 32.1. The van der Waals surface area contributed by atoms with Crippen molar-refractivity contribution in [2.45, 2.75) is 11.8 Å². The molecule has 0 saturated heterocycles. The number of ether oxygens (including phenoxy) is 1. The third kappa shape index (κ3) is 3.34. The number of sulfonamides is 1. The van der Waals surface area contributed by atoms with Crippen molar-refractivity contribution in [2.75, 3.05) is 11.8 Å². The van der Waals surface area contributed by atoms with Crippen LogP contribution in [0.15, 0.2) is 35.2 Å². The number of thiophene rings is 1. The highest BCUT2D eigenvalue weighted by Gasteiger charge is 2.22. The Morgan fingerprint density at radius 2 is 2.05 bits per heavy atom. The van der Waals surface area contributed by atoms with Gasteiger partial charge in [-0.1, -0.05) is 6.07 Å². The minimum Gasteiger partial charge on any atom is -0.497 e. The van der Waals surface area contributed by atoms with E-state index in [1.54, 1.807) is 25.1 Å². The lowest BCUT2D eigenvalue weighted by Gasteiger charge is -2.08. The van der Waals surface area contributed by atoms with Crippen LogP contribution in [0.5, 0.6) is 5.75 Å². The molecule has 0 aliphatic heterocycles. The standard InChI is InChI=1S/C13H13NO5S2/c1-8-12(7-11(20-8)13(15)16)21(17,18)14-9-4-3-5-10(6-9)19-2/h3-7,14H,1-2H3,(H,15,16). The number of benzene rings is 1. The summed E-state index contributed by atoms with van der Waals surface area (Å²) in [6, 6.07) is 7.62.